The highest BCUT2D eigenvalue weighted by Crippen LogP contribution is 2.25. The Morgan fingerprint density at radius 2 is 2.13 bits per heavy atom. The van der Waals surface area contributed by atoms with E-state index in [0.29, 0.717) is 15.1 Å². The van der Waals surface area contributed by atoms with E-state index in [-0.39, 0.29) is 18.2 Å². The predicted molar refractivity (Wildman–Crippen MR) is 62.2 cm³/mol. The lowest BCUT2D eigenvalue weighted by molar-refractivity contribution is -0.116. The Hall–Kier alpha value is -0.870. The molecule has 0 unspecified atom stereocenters. The van der Waals surface area contributed by atoms with E-state index in [2.05, 4.69) is 21.2 Å². The topological polar surface area (TPSA) is 46.2 Å². The van der Waals surface area contributed by atoms with Gasteiger partial charge in [-0.1, -0.05) is 17.7 Å². The normalized spacial score (nSPS) is 9.80. The van der Waals surface area contributed by atoms with Crippen LogP contribution in [-0.4, -0.2) is 18.2 Å². The van der Waals surface area contributed by atoms with Crippen LogP contribution in [0.15, 0.2) is 22.7 Å². The first-order chi connectivity index (χ1) is 7.02. The molecule has 1 amide bonds. The van der Waals surface area contributed by atoms with E-state index in [9.17, 15) is 9.59 Å². The van der Waals surface area contributed by atoms with Gasteiger partial charge in [-0.3, -0.25) is 9.59 Å². The zero-order chi connectivity index (χ0) is 11.4. The first-order valence-corrected chi connectivity index (χ1v) is 5.41. The molecule has 0 atom stereocenters. The number of nitrogens with one attached hydrogen (secondary N) is 1. The van der Waals surface area contributed by atoms with Crippen molar-refractivity contribution < 1.29 is 9.59 Å². The lowest BCUT2D eigenvalue weighted by Crippen LogP contribution is -2.28. The number of ketones is 1. The Balaban J connectivity index is 2.82. The Bertz CT molecular complexity index is 406. The quantitative estimate of drug-likeness (QED) is 0.929. The predicted octanol–water partition coefficient (Wildman–Crippen LogP) is 2.42. The van der Waals surface area contributed by atoms with E-state index >= 15 is 0 Å². The molecule has 0 aliphatic heterocycles. The molecule has 5 heteroatoms. The number of rotatable bonds is 3. The van der Waals surface area contributed by atoms with Crippen LogP contribution < -0.4 is 5.32 Å². The van der Waals surface area contributed by atoms with E-state index in [1.54, 1.807) is 18.2 Å². The molecule has 1 aromatic carbocycles. The number of hydrogen-bond donors (Lipinski definition) is 1. The standard InChI is InChI=1S/C10H9BrClNO2/c1-6(14)5-13-10(15)7-3-2-4-8(11)9(7)12/h2-4H,5H2,1H3,(H,13,15). The van der Waals surface area contributed by atoms with Crippen LogP contribution in [0.4, 0.5) is 0 Å². The summed E-state index contributed by atoms with van der Waals surface area (Å²) < 4.78 is 0.652. The number of halogens is 2. The van der Waals surface area contributed by atoms with E-state index in [4.69, 9.17) is 11.6 Å². The molecule has 0 spiro atoms. The van der Waals surface area contributed by atoms with Gasteiger partial charge < -0.3 is 5.32 Å². The summed E-state index contributed by atoms with van der Waals surface area (Å²) in [5.41, 5.74) is 0.354. The molecule has 0 saturated heterocycles. The van der Waals surface area contributed by atoms with Crippen LogP contribution in [0.2, 0.25) is 5.02 Å². The fourth-order valence-electron chi connectivity index (χ4n) is 0.979. The van der Waals surface area contributed by atoms with Crippen LogP contribution in [0.1, 0.15) is 17.3 Å². The van der Waals surface area contributed by atoms with E-state index in [1.165, 1.54) is 6.92 Å². The van der Waals surface area contributed by atoms with Gasteiger partial charge in [-0.05, 0) is 35.0 Å². The van der Waals surface area contributed by atoms with Gasteiger partial charge in [-0.2, -0.15) is 0 Å². The van der Waals surface area contributed by atoms with Crippen LogP contribution in [0.3, 0.4) is 0 Å². The van der Waals surface area contributed by atoms with Gasteiger partial charge in [0, 0.05) is 4.47 Å². The molecule has 3 nitrogen and oxygen atoms in total. The number of Topliss-reactive ketones (excluding diaryl/α,β-unsaturated/α-hetero) is 1. The van der Waals surface area contributed by atoms with Crippen LogP contribution in [-0.2, 0) is 4.79 Å². The summed E-state index contributed by atoms with van der Waals surface area (Å²) in [5, 5.41) is 2.82. The van der Waals surface area contributed by atoms with Crippen LogP contribution in [0.5, 0.6) is 0 Å². The number of benzene rings is 1. The van der Waals surface area contributed by atoms with Crippen LogP contribution in [0.25, 0.3) is 0 Å². The molecule has 0 aliphatic rings. The van der Waals surface area contributed by atoms with Gasteiger partial charge in [0.1, 0.15) is 5.78 Å². The minimum atomic E-state index is -0.350. The summed E-state index contributed by atoms with van der Waals surface area (Å²) in [6, 6.07) is 5.05. The molecular weight excluding hydrogens is 281 g/mol. The average Bonchev–Trinajstić information content (AvgIpc) is 2.18. The number of carbonyl (C=O) groups is 2. The molecule has 0 aromatic heterocycles. The van der Waals surface area contributed by atoms with E-state index in [0.717, 1.165) is 0 Å². The molecule has 1 rings (SSSR count). The average molecular weight is 291 g/mol. The van der Waals surface area contributed by atoms with E-state index < -0.39 is 0 Å². The van der Waals surface area contributed by atoms with Crippen LogP contribution in [0, 0.1) is 0 Å². The summed E-state index contributed by atoms with van der Waals surface area (Å²) in [6.07, 6.45) is 0. The van der Waals surface area contributed by atoms with Crippen LogP contribution >= 0.6 is 27.5 Å². The highest BCUT2D eigenvalue weighted by atomic mass is 79.9. The van der Waals surface area contributed by atoms with Gasteiger partial charge in [0.15, 0.2) is 0 Å². The van der Waals surface area contributed by atoms with Gasteiger partial charge >= 0.3 is 0 Å². The molecule has 1 aromatic rings. The lowest BCUT2D eigenvalue weighted by Gasteiger charge is -2.05. The fourth-order valence-corrected chi connectivity index (χ4v) is 1.56. The zero-order valence-corrected chi connectivity index (χ0v) is 10.4. The van der Waals surface area contributed by atoms with Crippen molar-refractivity contribution in [2.45, 2.75) is 6.92 Å². The molecule has 0 bridgehead atoms. The molecule has 0 aliphatic carbocycles. The van der Waals surface area contributed by atoms with Gasteiger partial charge in [-0.15, -0.1) is 0 Å². The number of hydrogen-bond acceptors (Lipinski definition) is 2. The monoisotopic (exact) mass is 289 g/mol. The second-order valence-corrected chi connectivity index (χ2v) is 4.22. The van der Waals surface area contributed by atoms with Crippen molar-refractivity contribution in [1.29, 1.82) is 0 Å². The third kappa shape index (κ3) is 3.32. The van der Waals surface area contributed by atoms with Gasteiger partial charge in [0.2, 0.25) is 0 Å². The zero-order valence-electron chi connectivity index (χ0n) is 8.01. The smallest absolute Gasteiger partial charge is 0.253 e. The van der Waals surface area contributed by atoms with E-state index in [1.807, 2.05) is 0 Å². The summed E-state index contributed by atoms with van der Waals surface area (Å²) in [7, 11) is 0. The Morgan fingerprint density at radius 3 is 2.73 bits per heavy atom. The Labute approximate surface area is 101 Å². The number of carbonyl (C=O) groups excluding carboxylic acids is 2. The molecular formula is C10H9BrClNO2. The largest absolute Gasteiger partial charge is 0.345 e. The number of amides is 1. The Kier molecular flexibility index (Phi) is 4.29. The van der Waals surface area contributed by atoms with Crippen molar-refractivity contribution in [3.05, 3.63) is 33.3 Å². The summed E-state index contributed by atoms with van der Waals surface area (Å²) in [6.45, 7) is 1.42. The third-order valence-corrected chi connectivity index (χ3v) is 2.99. The third-order valence-electron chi connectivity index (χ3n) is 1.69. The summed E-state index contributed by atoms with van der Waals surface area (Å²) >= 11 is 9.13. The highest BCUT2D eigenvalue weighted by Gasteiger charge is 2.11. The maximum Gasteiger partial charge on any atom is 0.253 e. The Morgan fingerprint density at radius 1 is 1.47 bits per heavy atom. The highest BCUT2D eigenvalue weighted by molar-refractivity contribution is 9.10. The minimum absolute atomic E-state index is 0.0156. The van der Waals surface area contributed by atoms with Crippen molar-refractivity contribution in [3.63, 3.8) is 0 Å². The first kappa shape index (κ1) is 12.2. The van der Waals surface area contributed by atoms with Gasteiger partial charge in [-0.25, -0.2) is 0 Å². The maximum absolute atomic E-state index is 11.6. The second kappa shape index (κ2) is 5.28. The molecule has 80 valence electrons. The molecule has 1 N–H and O–H groups in total. The molecule has 0 heterocycles. The molecule has 0 saturated carbocycles. The fraction of sp³-hybridized carbons (Fsp3) is 0.200. The maximum atomic E-state index is 11.6. The van der Waals surface area contributed by atoms with Crippen molar-refractivity contribution in [1.82, 2.24) is 5.32 Å². The summed E-state index contributed by atoms with van der Waals surface area (Å²) in [4.78, 5) is 22.2. The van der Waals surface area contributed by atoms with Gasteiger partial charge in [0.05, 0.1) is 17.1 Å². The lowest BCUT2D eigenvalue weighted by atomic mass is 10.2. The second-order valence-electron chi connectivity index (χ2n) is 2.99. The SMILES string of the molecule is CC(=O)CNC(=O)c1cccc(Br)c1Cl. The molecule has 0 radical (unpaired) electrons. The van der Waals surface area contributed by atoms with Crippen molar-refractivity contribution in [3.8, 4) is 0 Å². The van der Waals surface area contributed by atoms with Crippen molar-refractivity contribution >= 4 is 39.2 Å². The molecule has 0 fully saturated rings. The minimum Gasteiger partial charge on any atom is -0.345 e. The first-order valence-electron chi connectivity index (χ1n) is 4.24. The van der Waals surface area contributed by atoms with Gasteiger partial charge in [0.25, 0.3) is 5.91 Å². The van der Waals surface area contributed by atoms with Crippen molar-refractivity contribution in [2.75, 3.05) is 6.54 Å². The molecule has 15 heavy (non-hydrogen) atoms. The van der Waals surface area contributed by atoms with Crippen molar-refractivity contribution in [2.24, 2.45) is 0 Å². The summed E-state index contributed by atoms with van der Waals surface area (Å²) in [5.74, 6) is -0.453.